The Morgan fingerprint density at radius 3 is 2.43 bits per heavy atom. The first-order valence-electron chi connectivity index (χ1n) is 7.08. The minimum atomic E-state index is -4.15. The van der Waals surface area contributed by atoms with E-state index in [0.29, 0.717) is 0 Å². The maximum absolute atomic E-state index is 12.4. The van der Waals surface area contributed by atoms with E-state index in [1.807, 2.05) is 0 Å². The van der Waals surface area contributed by atoms with Crippen LogP contribution in [0.25, 0.3) is 0 Å². The first kappa shape index (κ1) is 19.2. The van der Waals surface area contributed by atoms with Gasteiger partial charge in [-0.3, -0.25) is 4.79 Å². The lowest BCUT2D eigenvalue weighted by molar-refractivity contribution is -0.139. The Morgan fingerprint density at radius 1 is 1.39 bits per heavy atom. The van der Waals surface area contributed by atoms with Crippen LogP contribution in [0.15, 0.2) is 15.4 Å². The molecule has 1 aromatic rings. The first-order valence-corrected chi connectivity index (χ1v) is 8.56. The summed E-state index contributed by atoms with van der Waals surface area (Å²) in [5, 5.41) is 9.17. The third-order valence-electron chi connectivity index (χ3n) is 3.07. The lowest BCUT2D eigenvalue weighted by atomic mass is 10.1. The van der Waals surface area contributed by atoms with Gasteiger partial charge in [0.25, 0.3) is 0 Å². The van der Waals surface area contributed by atoms with E-state index in [0.717, 1.165) is 13.2 Å². The van der Waals surface area contributed by atoms with Gasteiger partial charge in [0, 0.05) is 12.5 Å². The van der Waals surface area contributed by atoms with Gasteiger partial charge in [0.1, 0.15) is 16.7 Å². The first-order chi connectivity index (χ1) is 10.6. The lowest BCUT2D eigenvalue weighted by Crippen LogP contribution is -2.41. The van der Waals surface area contributed by atoms with Crippen molar-refractivity contribution in [3.05, 3.63) is 17.6 Å². The molecule has 0 aliphatic rings. The zero-order valence-corrected chi connectivity index (χ0v) is 14.3. The number of hydrogen-bond acceptors (Lipinski definition) is 6. The number of carbonyl (C=O) groups is 2. The lowest BCUT2D eigenvalue weighted by Gasteiger charge is -2.16. The van der Waals surface area contributed by atoms with Gasteiger partial charge in [-0.15, -0.1) is 0 Å². The summed E-state index contributed by atoms with van der Waals surface area (Å²) in [7, 11) is -3.00. The van der Waals surface area contributed by atoms with Crippen molar-refractivity contribution >= 4 is 22.0 Å². The second-order valence-corrected chi connectivity index (χ2v) is 7.07. The topological polar surface area (TPSA) is 123 Å². The number of carboxylic acids is 1. The summed E-state index contributed by atoms with van der Waals surface area (Å²) >= 11 is 0. The van der Waals surface area contributed by atoms with E-state index in [4.69, 9.17) is 9.52 Å². The number of aryl methyl sites for hydroxylation is 1. The molecule has 0 unspecified atom stereocenters. The number of aliphatic carboxylic acids is 1. The molecular weight excluding hydrogens is 326 g/mol. The number of ether oxygens (including phenoxy) is 1. The molecule has 0 saturated carbocycles. The maximum atomic E-state index is 12.4. The summed E-state index contributed by atoms with van der Waals surface area (Å²) in [4.78, 5) is 22.5. The average molecular weight is 347 g/mol. The highest BCUT2D eigenvalue weighted by molar-refractivity contribution is 7.89. The average Bonchev–Trinajstić information content (AvgIpc) is 2.90. The Hall–Kier alpha value is -1.87. The van der Waals surface area contributed by atoms with E-state index >= 15 is 0 Å². The zero-order chi connectivity index (χ0) is 17.8. The highest BCUT2D eigenvalue weighted by Gasteiger charge is 2.30. The molecule has 2 N–H and O–H groups in total. The van der Waals surface area contributed by atoms with E-state index in [-0.39, 0.29) is 35.2 Å². The number of carboxylic acid groups (broad SMARTS) is 1. The molecule has 1 atom stereocenters. The molecule has 0 fully saturated rings. The number of carbonyl (C=O) groups excluding carboxylic acids is 1. The second-order valence-electron chi connectivity index (χ2n) is 5.38. The third-order valence-corrected chi connectivity index (χ3v) is 4.59. The Kier molecular flexibility index (Phi) is 6.34. The second kappa shape index (κ2) is 7.60. The Morgan fingerprint density at radius 2 is 2.00 bits per heavy atom. The van der Waals surface area contributed by atoms with Gasteiger partial charge in [0.2, 0.25) is 15.8 Å². The van der Waals surface area contributed by atoms with Gasteiger partial charge >= 0.3 is 11.9 Å². The van der Waals surface area contributed by atoms with Gasteiger partial charge in [0.15, 0.2) is 0 Å². The highest BCUT2D eigenvalue weighted by Crippen LogP contribution is 2.23. The zero-order valence-electron chi connectivity index (χ0n) is 13.5. The van der Waals surface area contributed by atoms with Gasteiger partial charge < -0.3 is 14.3 Å². The van der Waals surface area contributed by atoms with Gasteiger partial charge in [-0.25, -0.2) is 13.2 Å². The van der Waals surface area contributed by atoms with Crippen molar-refractivity contribution in [1.29, 1.82) is 0 Å². The molecular formula is C14H21NO7S. The fourth-order valence-electron chi connectivity index (χ4n) is 2.01. The predicted molar refractivity (Wildman–Crippen MR) is 80.6 cm³/mol. The summed E-state index contributed by atoms with van der Waals surface area (Å²) in [6.45, 7) is 5.23. The van der Waals surface area contributed by atoms with E-state index in [9.17, 15) is 18.0 Å². The Labute approximate surface area is 134 Å². The van der Waals surface area contributed by atoms with Crippen molar-refractivity contribution in [1.82, 2.24) is 4.72 Å². The van der Waals surface area contributed by atoms with Gasteiger partial charge in [-0.2, -0.15) is 4.72 Å². The molecule has 130 valence electrons. The summed E-state index contributed by atoms with van der Waals surface area (Å²) in [6, 6.07) is -0.220. The van der Waals surface area contributed by atoms with Gasteiger partial charge in [0.05, 0.1) is 7.11 Å². The molecule has 9 heteroatoms. The Bertz CT molecular complexity index is 675. The smallest absolute Gasteiger partial charge is 0.373 e. The number of hydrogen-bond donors (Lipinski definition) is 2. The number of sulfonamides is 1. The molecule has 0 radical (unpaired) electrons. The molecule has 1 heterocycles. The van der Waals surface area contributed by atoms with Crippen LogP contribution in [-0.2, 0) is 26.0 Å². The molecule has 0 aliphatic carbocycles. The Balaban J connectivity index is 3.19. The van der Waals surface area contributed by atoms with E-state index in [1.165, 1.54) is 0 Å². The summed E-state index contributed by atoms with van der Waals surface area (Å²) in [5.41, 5.74) is 0. The van der Waals surface area contributed by atoms with Crippen LogP contribution >= 0.6 is 0 Å². The highest BCUT2D eigenvalue weighted by atomic mass is 32.2. The SMILES string of the molecule is CCc1oc(C(=O)OC)cc1S(=O)(=O)N[C@H](CC(C)C)C(=O)O. The van der Waals surface area contributed by atoms with Crippen molar-refractivity contribution in [2.45, 2.75) is 44.6 Å². The van der Waals surface area contributed by atoms with Gasteiger partial charge in [-0.1, -0.05) is 20.8 Å². The number of nitrogens with one attached hydrogen (secondary N) is 1. The fraction of sp³-hybridized carbons (Fsp3) is 0.571. The number of esters is 1. The van der Waals surface area contributed by atoms with E-state index in [1.54, 1.807) is 20.8 Å². The number of furan rings is 1. The molecule has 0 bridgehead atoms. The van der Waals surface area contributed by atoms with Crippen molar-refractivity contribution < 1.29 is 32.3 Å². The molecule has 8 nitrogen and oxygen atoms in total. The van der Waals surface area contributed by atoms with Crippen LogP contribution in [0.4, 0.5) is 0 Å². The molecule has 0 amide bonds. The normalized spacial score (nSPS) is 13.1. The van der Waals surface area contributed by atoms with Crippen LogP contribution in [0, 0.1) is 5.92 Å². The fourth-order valence-corrected chi connectivity index (χ4v) is 3.46. The largest absolute Gasteiger partial charge is 0.480 e. The third kappa shape index (κ3) is 4.80. The van der Waals surface area contributed by atoms with Crippen LogP contribution in [0.5, 0.6) is 0 Å². The summed E-state index contributed by atoms with van der Waals surface area (Å²) in [5.74, 6) is -2.28. The minimum absolute atomic E-state index is 0.0144. The predicted octanol–water partition coefficient (Wildman–Crippen LogP) is 1.41. The van der Waals surface area contributed by atoms with Crippen molar-refractivity contribution in [2.24, 2.45) is 5.92 Å². The van der Waals surface area contributed by atoms with E-state index in [2.05, 4.69) is 9.46 Å². The molecule has 0 aromatic carbocycles. The van der Waals surface area contributed by atoms with Crippen LogP contribution in [-0.4, -0.2) is 38.6 Å². The quantitative estimate of drug-likeness (QED) is 0.681. The van der Waals surface area contributed by atoms with Crippen LogP contribution < -0.4 is 4.72 Å². The van der Waals surface area contributed by atoms with E-state index < -0.39 is 28.0 Å². The van der Waals surface area contributed by atoms with Gasteiger partial charge in [-0.05, 0) is 12.3 Å². The van der Waals surface area contributed by atoms with Crippen molar-refractivity contribution in [2.75, 3.05) is 7.11 Å². The molecule has 1 aromatic heterocycles. The van der Waals surface area contributed by atoms with Crippen LogP contribution in [0.3, 0.4) is 0 Å². The van der Waals surface area contributed by atoms with Crippen molar-refractivity contribution in [3.8, 4) is 0 Å². The number of rotatable bonds is 8. The standard InChI is InChI=1S/C14H21NO7S/c1-5-10-12(7-11(22-10)14(18)21-4)23(19,20)15-9(13(16)17)6-8(2)3/h7-9,15H,5-6H2,1-4H3,(H,16,17)/t9-/m1/s1. The summed E-state index contributed by atoms with van der Waals surface area (Å²) in [6.07, 6.45) is 0.354. The molecule has 0 saturated heterocycles. The van der Waals surface area contributed by atoms with Crippen molar-refractivity contribution in [3.63, 3.8) is 0 Å². The molecule has 0 aliphatic heterocycles. The molecule has 1 rings (SSSR count). The minimum Gasteiger partial charge on any atom is -0.480 e. The van der Waals surface area contributed by atoms with Crippen LogP contribution in [0.2, 0.25) is 0 Å². The molecule has 23 heavy (non-hydrogen) atoms. The number of methoxy groups -OCH3 is 1. The molecule has 0 spiro atoms. The maximum Gasteiger partial charge on any atom is 0.373 e. The summed E-state index contributed by atoms with van der Waals surface area (Å²) < 4.78 is 36.7. The monoisotopic (exact) mass is 347 g/mol. The van der Waals surface area contributed by atoms with Crippen LogP contribution in [0.1, 0.15) is 43.5 Å².